The molecule has 0 bridgehead atoms. The molecule has 2 saturated carbocycles. The normalized spacial score (nSPS) is 36.5. The first-order valence-corrected chi connectivity index (χ1v) is 15.0. The number of fused-ring (bicyclic) bond motifs is 1. The highest BCUT2D eigenvalue weighted by Crippen LogP contribution is 2.60. The molecule has 3 rings (SSSR count). The number of aliphatic hydroxyl groups is 2. The van der Waals surface area contributed by atoms with E-state index in [1.165, 1.54) is 19.9 Å². The number of esters is 2. The summed E-state index contributed by atoms with van der Waals surface area (Å²) in [5.74, 6) is -1.06. The molecule has 226 valence electrons. The molecule has 0 aromatic carbocycles. The Kier molecular flexibility index (Phi) is 9.77. The molecule has 2 N–H and O–H groups in total. The number of aliphatic hydroxyl groups excluding tert-OH is 1. The van der Waals surface area contributed by atoms with Gasteiger partial charge in [-0.1, -0.05) is 34.6 Å². The third-order valence-corrected chi connectivity index (χ3v) is 10.9. The average molecular weight is 563 g/mol. The topological polar surface area (TPSA) is 127 Å². The molecule has 0 saturated heterocycles. The van der Waals surface area contributed by atoms with Gasteiger partial charge in [0.05, 0.1) is 18.1 Å². The van der Waals surface area contributed by atoms with Gasteiger partial charge in [-0.2, -0.15) is 0 Å². The van der Waals surface area contributed by atoms with E-state index in [9.17, 15) is 29.4 Å². The monoisotopic (exact) mass is 562 g/mol. The number of rotatable bonds is 10. The molecule has 3 aliphatic rings. The number of carbonyl (C=O) groups excluding carboxylic acids is 4. The van der Waals surface area contributed by atoms with E-state index >= 15 is 0 Å². The van der Waals surface area contributed by atoms with Gasteiger partial charge in [0.15, 0.2) is 11.6 Å². The molecule has 0 radical (unpaired) electrons. The van der Waals surface area contributed by atoms with E-state index in [1.54, 1.807) is 6.92 Å². The van der Waals surface area contributed by atoms with E-state index in [0.717, 1.165) is 6.42 Å². The molecule has 2 unspecified atom stereocenters. The summed E-state index contributed by atoms with van der Waals surface area (Å²) in [6.07, 6.45) is 3.46. The SMILES string of the molecule is CC(=O)OCC[C@]1(C)[C@@H]([C@H](C)CC(O)C(C)C(C)C)CC[C@H]1C1=CC(=O)[C@@]2(O)C[C@@H](OC(C)=O)CC[C@]2(C)C1=O. The van der Waals surface area contributed by atoms with Gasteiger partial charge in [0, 0.05) is 25.8 Å². The van der Waals surface area contributed by atoms with Crippen LogP contribution in [0.25, 0.3) is 0 Å². The number of hydrogen-bond acceptors (Lipinski definition) is 8. The Morgan fingerprint density at radius 2 is 1.70 bits per heavy atom. The van der Waals surface area contributed by atoms with Crippen LogP contribution in [-0.4, -0.2) is 58.1 Å². The molecule has 40 heavy (non-hydrogen) atoms. The minimum atomic E-state index is -1.93. The van der Waals surface area contributed by atoms with Crippen LogP contribution >= 0.6 is 0 Å². The van der Waals surface area contributed by atoms with Crippen molar-refractivity contribution >= 4 is 23.5 Å². The molecule has 0 aromatic rings. The minimum absolute atomic E-state index is 0.0998. The summed E-state index contributed by atoms with van der Waals surface area (Å²) in [6, 6.07) is 0. The van der Waals surface area contributed by atoms with Crippen molar-refractivity contribution < 1.29 is 38.9 Å². The summed E-state index contributed by atoms with van der Waals surface area (Å²) in [6.45, 7) is 15.1. The first-order chi connectivity index (χ1) is 18.5. The lowest BCUT2D eigenvalue weighted by Gasteiger charge is -2.51. The van der Waals surface area contributed by atoms with Crippen molar-refractivity contribution in [1.29, 1.82) is 0 Å². The number of carbonyl (C=O) groups is 4. The van der Waals surface area contributed by atoms with Gasteiger partial charge in [0.1, 0.15) is 11.7 Å². The van der Waals surface area contributed by atoms with Crippen molar-refractivity contribution in [3.05, 3.63) is 11.6 Å². The zero-order chi connectivity index (χ0) is 30.2. The molecule has 0 spiro atoms. The van der Waals surface area contributed by atoms with E-state index in [2.05, 4.69) is 34.6 Å². The largest absolute Gasteiger partial charge is 0.466 e. The average Bonchev–Trinajstić information content (AvgIpc) is 3.18. The van der Waals surface area contributed by atoms with E-state index in [4.69, 9.17) is 9.47 Å². The zero-order valence-electron chi connectivity index (χ0n) is 25.6. The van der Waals surface area contributed by atoms with Crippen LogP contribution in [-0.2, 0) is 28.7 Å². The summed E-state index contributed by atoms with van der Waals surface area (Å²) >= 11 is 0. The molecule has 0 heterocycles. The van der Waals surface area contributed by atoms with Crippen molar-refractivity contribution in [2.24, 2.45) is 40.4 Å². The number of Topliss-reactive ketones (excluding diaryl/α,β-unsaturated/α-hetero) is 1. The van der Waals surface area contributed by atoms with Gasteiger partial charge in [-0.25, -0.2) is 0 Å². The maximum atomic E-state index is 14.2. The Hall–Kier alpha value is -2.06. The summed E-state index contributed by atoms with van der Waals surface area (Å²) in [4.78, 5) is 51.0. The Labute approximate surface area is 239 Å². The lowest BCUT2D eigenvalue weighted by Crippen LogP contribution is -2.63. The van der Waals surface area contributed by atoms with Gasteiger partial charge in [0.25, 0.3) is 0 Å². The van der Waals surface area contributed by atoms with E-state index in [-0.39, 0.29) is 54.9 Å². The fourth-order valence-electron chi connectivity index (χ4n) is 7.91. The summed E-state index contributed by atoms with van der Waals surface area (Å²) in [5.41, 5.74) is -3.26. The number of ketones is 2. The highest BCUT2D eigenvalue weighted by Gasteiger charge is 2.64. The van der Waals surface area contributed by atoms with Crippen molar-refractivity contribution in [3.8, 4) is 0 Å². The van der Waals surface area contributed by atoms with Crippen LogP contribution in [0.4, 0.5) is 0 Å². The molecule has 0 aliphatic heterocycles. The van der Waals surface area contributed by atoms with Gasteiger partial charge in [0.2, 0.25) is 0 Å². The van der Waals surface area contributed by atoms with Crippen molar-refractivity contribution in [2.75, 3.05) is 6.61 Å². The molecule has 8 nitrogen and oxygen atoms in total. The molecular weight excluding hydrogens is 512 g/mol. The highest BCUT2D eigenvalue weighted by molar-refractivity contribution is 6.16. The smallest absolute Gasteiger partial charge is 0.302 e. The van der Waals surface area contributed by atoms with Gasteiger partial charge in [-0.15, -0.1) is 0 Å². The number of hydrogen-bond donors (Lipinski definition) is 2. The molecule has 0 aromatic heterocycles. The molecule has 2 fully saturated rings. The fraction of sp³-hybridized carbons (Fsp3) is 0.812. The summed E-state index contributed by atoms with van der Waals surface area (Å²) in [5, 5.41) is 22.6. The van der Waals surface area contributed by atoms with E-state index < -0.39 is 40.4 Å². The van der Waals surface area contributed by atoms with E-state index in [1.807, 2.05) is 0 Å². The van der Waals surface area contributed by atoms with Crippen LogP contribution in [0.5, 0.6) is 0 Å². The summed E-state index contributed by atoms with van der Waals surface area (Å²) < 4.78 is 10.7. The highest BCUT2D eigenvalue weighted by atomic mass is 16.5. The van der Waals surface area contributed by atoms with E-state index in [0.29, 0.717) is 37.2 Å². The van der Waals surface area contributed by atoms with Gasteiger partial charge in [-0.3, -0.25) is 19.2 Å². The number of ether oxygens (including phenoxy) is 2. The molecule has 3 aliphatic carbocycles. The van der Waals surface area contributed by atoms with Crippen LogP contribution in [0.2, 0.25) is 0 Å². The summed E-state index contributed by atoms with van der Waals surface area (Å²) in [7, 11) is 0. The van der Waals surface area contributed by atoms with Crippen molar-refractivity contribution in [3.63, 3.8) is 0 Å². The molecule has 8 heteroatoms. The third kappa shape index (κ3) is 5.94. The van der Waals surface area contributed by atoms with Crippen LogP contribution in [0.15, 0.2) is 11.6 Å². The lowest BCUT2D eigenvalue weighted by molar-refractivity contribution is -0.181. The lowest BCUT2D eigenvalue weighted by atomic mass is 9.53. The van der Waals surface area contributed by atoms with Crippen molar-refractivity contribution in [2.45, 2.75) is 118 Å². The van der Waals surface area contributed by atoms with Crippen LogP contribution in [0.1, 0.15) is 100 Å². The molecule has 0 amide bonds. The maximum absolute atomic E-state index is 14.2. The first-order valence-electron chi connectivity index (χ1n) is 15.0. The second-order valence-corrected chi connectivity index (χ2v) is 13.7. The first kappa shape index (κ1) is 32.5. The van der Waals surface area contributed by atoms with Crippen molar-refractivity contribution in [1.82, 2.24) is 0 Å². The molecule has 9 atom stereocenters. The standard InChI is InChI=1S/C32H50O8/c1-18(2)20(4)27(35)15-19(3)25-9-10-26(30(25,7)13-14-39-21(5)33)24-16-28(36)32(38)17-23(40-22(6)34)11-12-31(32,8)29(24)37/h16,18-20,23,25-27,35,38H,9-15,17H2,1-8H3/t19-,20?,23+,25-,26+,27?,30-,31-,32+/m1/s1. The minimum Gasteiger partial charge on any atom is -0.466 e. The van der Waals surface area contributed by atoms with Gasteiger partial charge in [-0.05, 0) is 86.5 Å². The Balaban J connectivity index is 1.95. The van der Waals surface area contributed by atoms with Crippen LogP contribution in [0, 0.1) is 40.4 Å². The fourth-order valence-corrected chi connectivity index (χ4v) is 7.91. The third-order valence-electron chi connectivity index (χ3n) is 10.9. The quantitative estimate of drug-likeness (QED) is 0.371. The maximum Gasteiger partial charge on any atom is 0.302 e. The Morgan fingerprint density at radius 3 is 2.27 bits per heavy atom. The number of allylic oxidation sites excluding steroid dienone is 1. The van der Waals surface area contributed by atoms with Gasteiger partial charge < -0.3 is 19.7 Å². The Morgan fingerprint density at radius 1 is 1.05 bits per heavy atom. The van der Waals surface area contributed by atoms with Crippen LogP contribution in [0.3, 0.4) is 0 Å². The Bertz CT molecular complexity index is 1030. The zero-order valence-corrected chi connectivity index (χ0v) is 25.6. The second kappa shape index (κ2) is 12.0. The predicted molar refractivity (Wildman–Crippen MR) is 150 cm³/mol. The predicted octanol–water partition coefficient (Wildman–Crippen LogP) is 4.58. The molecular formula is C32H50O8. The second-order valence-electron chi connectivity index (χ2n) is 13.7. The van der Waals surface area contributed by atoms with Gasteiger partial charge >= 0.3 is 11.9 Å². The van der Waals surface area contributed by atoms with Crippen LogP contribution < -0.4 is 0 Å².